The van der Waals surface area contributed by atoms with Gasteiger partial charge < -0.3 is 11.1 Å². The lowest BCUT2D eigenvalue weighted by atomic mass is 10.1. The quantitative estimate of drug-likeness (QED) is 0.823. The van der Waals surface area contributed by atoms with Crippen molar-refractivity contribution >= 4 is 5.91 Å². The van der Waals surface area contributed by atoms with Crippen molar-refractivity contribution in [1.29, 1.82) is 0 Å². The van der Waals surface area contributed by atoms with Gasteiger partial charge in [0, 0.05) is 18.3 Å². The summed E-state index contributed by atoms with van der Waals surface area (Å²) in [6.45, 7) is 2.50. The summed E-state index contributed by atoms with van der Waals surface area (Å²) >= 11 is 0. The fraction of sp³-hybridized carbons (Fsp3) is 0.188. The Labute approximate surface area is 123 Å². The van der Waals surface area contributed by atoms with Crippen molar-refractivity contribution in [3.8, 4) is 11.8 Å². The summed E-state index contributed by atoms with van der Waals surface area (Å²) in [5.74, 6) is 5.54. The normalized spacial score (nSPS) is 9.62. The molecule has 5 nitrogen and oxygen atoms in total. The van der Waals surface area contributed by atoms with E-state index in [1.54, 1.807) is 6.20 Å². The van der Waals surface area contributed by atoms with Gasteiger partial charge in [-0.1, -0.05) is 30.0 Å². The predicted molar refractivity (Wildman–Crippen MR) is 80.3 cm³/mol. The zero-order chi connectivity index (χ0) is 15.1. The Morgan fingerprint density at radius 2 is 2.10 bits per heavy atom. The number of carbonyl (C=O) groups is 1. The van der Waals surface area contributed by atoms with Gasteiger partial charge in [0.1, 0.15) is 5.69 Å². The Kier molecular flexibility index (Phi) is 5.02. The first-order valence-corrected chi connectivity index (χ1v) is 6.54. The highest BCUT2D eigenvalue weighted by molar-refractivity contribution is 5.91. The fourth-order valence-corrected chi connectivity index (χ4v) is 1.72. The number of carbonyl (C=O) groups excluding carboxylic acids is 1. The molecule has 5 heteroatoms. The second kappa shape index (κ2) is 7.17. The molecule has 0 aliphatic carbocycles. The number of benzene rings is 1. The second-order valence-electron chi connectivity index (χ2n) is 4.39. The first-order valence-electron chi connectivity index (χ1n) is 6.54. The minimum absolute atomic E-state index is 0.260. The molecule has 2 aromatic rings. The summed E-state index contributed by atoms with van der Waals surface area (Å²) in [7, 11) is 0. The molecule has 2 rings (SSSR count). The van der Waals surface area contributed by atoms with Gasteiger partial charge in [0.05, 0.1) is 18.4 Å². The van der Waals surface area contributed by atoms with Gasteiger partial charge in [-0.15, -0.1) is 0 Å². The molecular formula is C16H16N4O. The van der Waals surface area contributed by atoms with E-state index in [-0.39, 0.29) is 5.91 Å². The van der Waals surface area contributed by atoms with Crippen molar-refractivity contribution < 1.29 is 4.79 Å². The van der Waals surface area contributed by atoms with Crippen molar-refractivity contribution in [2.75, 3.05) is 6.54 Å². The third-order valence-corrected chi connectivity index (χ3v) is 2.80. The largest absolute Gasteiger partial charge is 0.347 e. The number of amides is 1. The van der Waals surface area contributed by atoms with E-state index in [9.17, 15) is 4.79 Å². The molecule has 0 aliphatic rings. The maximum atomic E-state index is 12.0. The number of aromatic nitrogens is 2. The molecule has 1 heterocycles. The van der Waals surface area contributed by atoms with E-state index >= 15 is 0 Å². The van der Waals surface area contributed by atoms with Gasteiger partial charge in [-0.3, -0.25) is 9.78 Å². The van der Waals surface area contributed by atoms with Crippen molar-refractivity contribution in [2.24, 2.45) is 5.73 Å². The SMILES string of the molecule is Cc1cnc(C(=O)NCc2ccccc2C#CCN)cn1. The maximum absolute atomic E-state index is 12.0. The molecule has 21 heavy (non-hydrogen) atoms. The topological polar surface area (TPSA) is 80.9 Å². The predicted octanol–water partition coefficient (Wildman–Crippen LogP) is 1.03. The van der Waals surface area contributed by atoms with Crippen LogP contribution in [0.3, 0.4) is 0 Å². The molecule has 0 radical (unpaired) electrons. The average molecular weight is 280 g/mol. The molecular weight excluding hydrogens is 264 g/mol. The highest BCUT2D eigenvalue weighted by Gasteiger charge is 2.08. The minimum Gasteiger partial charge on any atom is -0.347 e. The van der Waals surface area contributed by atoms with Crippen LogP contribution in [0.1, 0.15) is 27.3 Å². The van der Waals surface area contributed by atoms with Gasteiger partial charge >= 0.3 is 0 Å². The number of nitrogens with one attached hydrogen (secondary N) is 1. The van der Waals surface area contributed by atoms with Crippen LogP contribution in [-0.4, -0.2) is 22.4 Å². The number of hydrogen-bond donors (Lipinski definition) is 2. The van der Waals surface area contributed by atoms with Crippen molar-refractivity contribution in [3.63, 3.8) is 0 Å². The van der Waals surface area contributed by atoms with Crippen LogP contribution in [0.15, 0.2) is 36.7 Å². The number of aryl methyl sites for hydroxylation is 1. The summed E-state index contributed by atoms with van der Waals surface area (Å²) in [6, 6.07) is 7.62. The van der Waals surface area contributed by atoms with E-state index in [1.165, 1.54) is 6.20 Å². The summed E-state index contributed by atoms with van der Waals surface area (Å²) in [4.78, 5) is 20.1. The Morgan fingerprint density at radius 3 is 2.81 bits per heavy atom. The molecule has 1 aromatic heterocycles. The second-order valence-corrected chi connectivity index (χ2v) is 4.39. The lowest BCUT2D eigenvalue weighted by molar-refractivity contribution is 0.0945. The molecule has 106 valence electrons. The number of hydrogen-bond acceptors (Lipinski definition) is 4. The van der Waals surface area contributed by atoms with Gasteiger partial charge in [-0.05, 0) is 18.6 Å². The minimum atomic E-state index is -0.260. The molecule has 1 aromatic carbocycles. The molecule has 0 atom stereocenters. The Hall–Kier alpha value is -2.71. The molecule has 0 spiro atoms. The molecule has 0 fully saturated rings. The van der Waals surface area contributed by atoms with E-state index in [0.29, 0.717) is 18.8 Å². The van der Waals surface area contributed by atoms with E-state index in [1.807, 2.05) is 31.2 Å². The van der Waals surface area contributed by atoms with Crippen molar-refractivity contribution in [2.45, 2.75) is 13.5 Å². The van der Waals surface area contributed by atoms with Crippen LogP contribution in [0.4, 0.5) is 0 Å². The third-order valence-electron chi connectivity index (χ3n) is 2.80. The van der Waals surface area contributed by atoms with E-state index < -0.39 is 0 Å². The smallest absolute Gasteiger partial charge is 0.271 e. The number of rotatable bonds is 3. The van der Waals surface area contributed by atoms with Gasteiger partial charge in [0.2, 0.25) is 0 Å². The molecule has 0 unspecified atom stereocenters. The van der Waals surface area contributed by atoms with Crippen molar-refractivity contribution in [3.05, 3.63) is 59.2 Å². The van der Waals surface area contributed by atoms with E-state index in [4.69, 9.17) is 5.73 Å². The van der Waals surface area contributed by atoms with Crippen molar-refractivity contribution in [1.82, 2.24) is 15.3 Å². The number of nitrogens with two attached hydrogens (primary N) is 1. The standard InChI is InChI=1S/C16H16N4O/c1-12-9-19-15(11-18-12)16(21)20-10-14-6-3-2-5-13(14)7-4-8-17/h2-3,5-6,9,11H,8,10,17H2,1H3,(H,20,21). The molecule has 1 amide bonds. The molecule has 0 saturated carbocycles. The zero-order valence-corrected chi connectivity index (χ0v) is 11.8. The zero-order valence-electron chi connectivity index (χ0n) is 11.8. The van der Waals surface area contributed by atoms with E-state index in [2.05, 4.69) is 27.1 Å². The molecule has 3 N–H and O–H groups in total. The molecule has 0 saturated heterocycles. The Bertz CT molecular complexity index is 683. The van der Waals surface area contributed by atoms with Crippen LogP contribution in [0.25, 0.3) is 0 Å². The maximum Gasteiger partial charge on any atom is 0.271 e. The summed E-state index contributed by atoms with van der Waals surface area (Å²) in [5.41, 5.74) is 8.24. The van der Waals surface area contributed by atoms with Gasteiger partial charge in [0.15, 0.2) is 0 Å². The van der Waals surface area contributed by atoms with Crippen LogP contribution in [0.5, 0.6) is 0 Å². The van der Waals surface area contributed by atoms with Crippen LogP contribution in [0, 0.1) is 18.8 Å². The van der Waals surface area contributed by atoms with Crippen LogP contribution >= 0.6 is 0 Å². The van der Waals surface area contributed by atoms with Gasteiger partial charge in [-0.25, -0.2) is 4.98 Å². The average Bonchev–Trinajstić information content (AvgIpc) is 2.52. The van der Waals surface area contributed by atoms with Crippen LogP contribution in [0.2, 0.25) is 0 Å². The van der Waals surface area contributed by atoms with E-state index in [0.717, 1.165) is 16.8 Å². The highest BCUT2D eigenvalue weighted by Crippen LogP contribution is 2.07. The van der Waals surface area contributed by atoms with Gasteiger partial charge in [0.25, 0.3) is 5.91 Å². The fourth-order valence-electron chi connectivity index (χ4n) is 1.72. The first kappa shape index (κ1) is 14.7. The lowest BCUT2D eigenvalue weighted by Crippen LogP contribution is -2.24. The monoisotopic (exact) mass is 280 g/mol. The summed E-state index contributed by atoms with van der Waals surface area (Å²) < 4.78 is 0. The number of nitrogens with zero attached hydrogens (tertiary/aromatic N) is 2. The first-order chi connectivity index (χ1) is 10.2. The summed E-state index contributed by atoms with van der Waals surface area (Å²) in [5, 5.41) is 2.81. The van der Waals surface area contributed by atoms with Crippen LogP contribution < -0.4 is 11.1 Å². The molecule has 0 bridgehead atoms. The summed E-state index contributed by atoms with van der Waals surface area (Å²) in [6.07, 6.45) is 3.03. The Morgan fingerprint density at radius 1 is 1.29 bits per heavy atom. The molecule has 0 aliphatic heterocycles. The highest BCUT2D eigenvalue weighted by atomic mass is 16.1. The van der Waals surface area contributed by atoms with Crippen LogP contribution in [-0.2, 0) is 6.54 Å². The Balaban J connectivity index is 2.06. The lowest BCUT2D eigenvalue weighted by Gasteiger charge is -2.07. The third kappa shape index (κ3) is 4.13. The van der Waals surface area contributed by atoms with Gasteiger partial charge in [-0.2, -0.15) is 0 Å².